The van der Waals surface area contributed by atoms with E-state index in [-0.39, 0.29) is 0 Å². The predicted octanol–water partition coefficient (Wildman–Crippen LogP) is 7.41. The summed E-state index contributed by atoms with van der Waals surface area (Å²) in [6, 6.07) is 23.4. The zero-order valence-corrected chi connectivity index (χ0v) is 14.6. The monoisotopic (exact) mass is 365 g/mol. The molecule has 4 aromatic carbocycles. The second-order valence-electron chi connectivity index (χ2n) is 5.63. The van der Waals surface area contributed by atoms with Crippen molar-refractivity contribution >= 4 is 56.1 Å². The van der Waals surface area contributed by atoms with E-state index in [9.17, 15) is 0 Å². The summed E-state index contributed by atoms with van der Waals surface area (Å²) in [5.74, 6) is 0. The Morgan fingerprint density at radius 1 is 0.680 bits per heavy atom. The first-order valence-electron chi connectivity index (χ1n) is 7.74. The molecule has 0 amide bonds. The summed E-state index contributed by atoms with van der Waals surface area (Å²) < 4.78 is 0. The molecule has 0 radical (unpaired) electrons. The molecule has 0 aliphatic carbocycles. The van der Waals surface area contributed by atoms with E-state index in [0.717, 1.165) is 27.2 Å². The normalized spacial score (nSPS) is 11.4. The van der Waals surface area contributed by atoms with Crippen molar-refractivity contribution in [3.05, 3.63) is 82.8 Å². The molecule has 0 saturated carbocycles. The summed E-state index contributed by atoms with van der Waals surface area (Å²) >= 11 is 12.4. The van der Waals surface area contributed by atoms with Crippen LogP contribution in [-0.4, -0.2) is 0 Å². The van der Waals surface area contributed by atoms with Crippen LogP contribution in [0.4, 0.5) is 11.4 Å². The minimum atomic E-state index is 0.626. The fourth-order valence-corrected chi connectivity index (χ4v) is 3.28. The zero-order valence-electron chi connectivity index (χ0n) is 13.1. The number of nitrogens with zero attached hydrogens (tertiary/aromatic N) is 2. The van der Waals surface area contributed by atoms with Gasteiger partial charge in [-0.3, -0.25) is 5.43 Å². The van der Waals surface area contributed by atoms with Gasteiger partial charge in [0.2, 0.25) is 0 Å². The zero-order chi connectivity index (χ0) is 17.2. The van der Waals surface area contributed by atoms with Gasteiger partial charge in [0.25, 0.3) is 0 Å². The van der Waals surface area contributed by atoms with E-state index in [4.69, 9.17) is 23.2 Å². The van der Waals surface area contributed by atoms with Crippen molar-refractivity contribution in [2.24, 2.45) is 10.3 Å². The second-order valence-corrected chi connectivity index (χ2v) is 6.51. The van der Waals surface area contributed by atoms with Crippen molar-refractivity contribution in [3.63, 3.8) is 0 Å². The lowest BCUT2D eigenvalue weighted by Gasteiger charge is -2.06. The summed E-state index contributed by atoms with van der Waals surface area (Å²) in [5, 5.41) is 13.8. The van der Waals surface area contributed by atoms with E-state index in [2.05, 4.69) is 15.8 Å². The van der Waals surface area contributed by atoms with Crippen LogP contribution in [0.3, 0.4) is 0 Å². The molecular formula is C20H13Cl2N3. The molecule has 4 rings (SSSR count). The van der Waals surface area contributed by atoms with Crippen LogP contribution in [-0.2, 0) is 0 Å². The Hall–Kier alpha value is -2.62. The number of hydrogen-bond donors (Lipinski definition) is 1. The first-order valence-corrected chi connectivity index (χ1v) is 8.50. The Balaban J connectivity index is 1.71. The lowest BCUT2D eigenvalue weighted by Crippen LogP contribution is -1.88. The van der Waals surface area contributed by atoms with Gasteiger partial charge in [-0.25, -0.2) is 0 Å². The summed E-state index contributed by atoms with van der Waals surface area (Å²) in [4.78, 5) is 0. The largest absolute Gasteiger partial charge is 0.259 e. The molecule has 1 N–H and O–H groups in total. The minimum Gasteiger partial charge on any atom is -0.259 e. The number of anilines is 1. The summed E-state index contributed by atoms with van der Waals surface area (Å²) in [5.41, 5.74) is 4.51. The molecule has 0 aromatic heterocycles. The van der Waals surface area contributed by atoms with Crippen molar-refractivity contribution < 1.29 is 0 Å². The van der Waals surface area contributed by atoms with Gasteiger partial charge in [-0.2, -0.15) is 0 Å². The summed E-state index contributed by atoms with van der Waals surface area (Å²) in [7, 11) is 0. The Kier molecular flexibility index (Phi) is 4.26. The van der Waals surface area contributed by atoms with Gasteiger partial charge >= 0.3 is 0 Å². The molecule has 0 fully saturated rings. The molecule has 25 heavy (non-hydrogen) atoms. The van der Waals surface area contributed by atoms with Crippen molar-refractivity contribution in [2.75, 3.05) is 5.43 Å². The van der Waals surface area contributed by atoms with Crippen LogP contribution in [0.1, 0.15) is 0 Å². The average molecular weight is 366 g/mol. The molecule has 122 valence electrons. The van der Waals surface area contributed by atoms with E-state index in [1.165, 1.54) is 0 Å². The Morgan fingerprint density at radius 3 is 2.04 bits per heavy atom. The number of nitrogens with one attached hydrogen (secondary N) is 1. The third-order valence-corrected chi connectivity index (χ3v) is 4.40. The van der Waals surface area contributed by atoms with Crippen LogP contribution in [0.15, 0.2) is 83.1 Å². The second kappa shape index (κ2) is 6.71. The van der Waals surface area contributed by atoms with Gasteiger partial charge in [-0.1, -0.05) is 77.0 Å². The molecule has 4 aromatic rings. The first-order chi connectivity index (χ1) is 12.2. The first kappa shape index (κ1) is 15.9. The topological polar surface area (TPSA) is 36.8 Å². The highest BCUT2D eigenvalue weighted by Crippen LogP contribution is 2.31. The molecule has 5 heteroatoms. The van der Waals surface area contributed by atoms with Crippen LogP contribution in [0, 0.1) is 0 Å². The number of fused-ring (bicyclic) bond motifs is 2. The fraction of sp³-hybridized carbons (Fsp3) is 0. The molecule has 0 aliphatic heterocycles. The third kappa shape index (κ3) is 3.29. The number of halogens is 2. The average Bonchev–Trinajstić information content (AvgIpc) is 2.61. The van der Waals surface area contributed by atoms with Gasteiger partial charge in [-0.15, -0.1) is 5.11 Å². The van der Waals surface area contributed by atoms with Gasteiger partial charge in [0.05, 0.1) is 11.4 Å². The van der Waals surface area contributed by atoms with E-state index in [1.54, 1.807) is 6.07 Å². The summed E-state index contributed by atoms with van der Waals surface area (Å²) in [6.45, 7) is 0. The van der Waals surface area contributed by atoms with Crippen LogP contribution in [0.25, 0.3) is 21.5 Å². The molecule has 0 bridgehead atoms. The van der Waals surface area contributed by atoms with E-state index >= 15 is 0 Å². The lowest BCUT2D eigenvalue weighted by atomic mass is 10.1. The van der Waals surface area contributed by atoms with Gasteiger partial charge < -0.3 is 0 Å². The van der Waals surface area contributed by atoms with Crippen molar-refractivity contribution in [1.29, 1.82) is 0 Å². The fourth-order valence-electron chi connectivity index (χ4n) is 2.84. The van der Waals surface area contributed by atoms with Gasteiger partial charge in [0.15, 0.2) is 0 Å². The van der Waals surface area contributed by atoms with Crippen molar-refractivity contribution in [1.82, 2.24) is 0 Å². The van der Waals surface area contributed by atoms with Crippen LogP contribution in [0.2, 0.25) is 10.0 Å². The van der Waals surface area contributed by atoms with E-state index in [0.29, 0.717) is 15.7 Å². The Bertz CT molecular complexity index is 1110. The standard InChI is InChI=1S/C20H13Cl2N3/c21-15-9-13-5-1-3-7-17(13)19(11-15)23-25-24-20-12-16(22)10-14-6-2-4-8-18(14)20/h1-12H,(H,23,24). The van der Waals surface area contributed by atoms with E-state index in [1.807, 2.05) is 66.7 Å². The molecule has 0 saturated heterocycles. The molecule has 3 nitrogen and oxygen atoms in total. The maximum absolute atomic E-state index is 6.19. The Morgan fingerprint density at radius 2 is 1.28 bits per heavy atom. The van der Waals surface area contributed by atoms with Crippen molar-refractivity contribution in [2.45, 2.75) is 0 Å². The Labute approximate surface area is 154 Å². The number of rotatable bonds is 3. The highest BCUT2D eigenvalue weighted by atomic mass is 35.5. The molecule has 0 spiro atoms. The predicted molar refractivity (Wildman–Crippen MR) is 106 cm³/mol. The highest BCUT2D eigenvalue weighted by Gasteiger charge is 2.04. The maximum Gasteiger partial charge on any atom is 0.0967 e. The molecule has 0 atom stereocenters. The van der Waals surface area contributed by atoms with Crippen LogP contribution < -0.4 is 5.43 Å². The van der Waals surface area contributed by atoms with Gasteiger partial charge in [0, 0.05) is 20.8 Å². The lowest BCUT2D eigenvalue weighted by molar-refractivity contribution is 1.14. The smallest absolute Gasteiger partial charge is 0.0967 e. The quantitative estimate of drug-likeness (QED) is 0.297. The van der Waals surface area contributed by atoms with Gasteiger partial charge in [-0.05, 0) is 35.0 Å². The van der Waals surface area contributed by atoms with Crippen molar-refractivity contribution in [3.8, 4) is 0 Å². The SMILES string of the molecule is Clc1cc(/N=N/Nc2cc(Cl)cc3ccccc23)c2ccccc2c1. The van der Waals surface area contributed by atoms with Crippen LogP contribution >= 0.6 is 23.2 Å². The number of benzene rings is 4. The molecular weight excluding hydrogens is 353 g/mol. The summed E-state index contributed by atoms with van der Waals surface area (Å²) in [6.07, 6.45) is 0. The molecule has 0 unspecified atom stereocenters. The molecule has 0 aliphatic rings. The highest BCUT2D eigenvalue weighted by molar-refractivity contribution is 6.32. The molecule has 0 heterocycles. The maximum atomic E-state index is 6.19. The third-order valence-electron chi connectivity index (χ3n) is 3.96. The van der Waals surface area contributed by atoms with E-state index < -0.39 is 0 Å². The van der Waals surface area contributed by atoms with Gasteiger partial charge in [0.1, 0.15) is 0 Å². The van der Waals surface area contributed by atoms with Crippen LogP contribution in [0.5, 0.6) is 0 Å². The minimum absolute atomic E-state index is 0.626. The number of hydrogen-bond acceptors (Lipinski definition) is 2.